The summed E-state index contributed by atoms with van der Waals surface area (Å²) in [5.41, 5.74) is 6.35. The number of carbonyl (C=O) groups excluding carboxylic acids is 1. The molecule has 2 rings (SSSR count). The van der Waals surface area contributed by atoms with Gasteiger partial charge in [-0.25, -0.2) is 4.39 Å². The summed E-state index contributed by atoms with van der Waals surface area (Å²) < 4.78 is 14.3. The van der Waals surface area contributed by atoms with Gasteiger partial charge in [0.1, 0.15) is 10.8 Å². The molecule has 21 heavy (non-hydrogen) atoms. The van der Waals surface area contributed by atoms with Crippen LogP contribution in [0.4, 0.5) is 10.1 Å². The molecule has 0 fully saturated rings. The molecule has 0 aromatic heterocycles. The van der Waals surface area contributed by atoms with Crippen molar-refractivity contribution in [3.63, 3.8) is 0 Å². The third kappa shape index (κ3) is 3.90. The number of benzene rings is 2. The molecule has 0 saturated heterocycles. The molecule has 108 valence electrons. The van der Waals surface area contributed by atoms with Gasteiger partial charge in [0.15, 0.2) is 0 Å². The number of thiocarbonyl (C=S) groups is 1. The van der Waals surface area contributed by atoms with E-state index in [0.717, 1.165) is 3.57 Å². The normalized spacial score (nSPS) is 10.2. The van der Waals surface area contributed by atoms with Crippen molar-refractivity contribution in [2.75, 3.05) is 5.32 Å². The lowest BCUT2D eigenvalue weighted by atomic mass is 10.1. The van der Waals surface area contributed by atoms with E-state index in [1.807, 2.05) is 22.6 Å². The van der Waals surface area contributed by atoms with Crippen molar-refractivity contribution in [1.82, 2.24) is 0 Å². The van der Waals surface area contributed by atoms with Crippen LogP contribution >= 0.6 is 46.4 Å². The molecule has 0 saturated carbocycles. The van der Waals surface area contributed by atoms with Crippen molar-refractivity contribution in [1.29, 1.82) is 0 Å². The Morgan fingerprint density at radius 1 is 1.24 bits per heavy atom. The first-order valence-corrected chi connectivity index (χ1v) is 7.60. The van der Waals surface area contributed by atoms with E-state index in [-0.39, 0.29) is 16.5 Å². The molecule has 7 heteroatoms. The molecule has 0 aliphatic rings. The maximum absolute atomic E-state index is 13.5. The summed E-state index contributed by atoms with van der Waals surface area (Å²) in [5.74, 6) is -0.875. The largest absolute Gasteiger partial charge is 0.389 e. The zero-order valence-electron chi connectivity index (χ0n) is 10.5. The second-order valence-electron chi connectivity index (χ2n) is 4.14. The Hall–Kier alpha value is -1.25. The van der Waals surface area contributed by atoms with E-state index in [2.05, 4.69) is 5.32 Å². The van der Waals surface area contributed by atoms with Crippen molar-refractivity contribution in [2.24, 2.45) is 5.73 Å². The first-order chi connectivity index (χ1) is 9.88. The van der Waals surface area contributed by atoms with Gasteiger partial charge in [0.25, 0.3) is 5.91 Å². The van der Waals surface area contributed by atoms with E-state index >= 15 is 0 Å². The van der Waals surface area contributed by atoms with Gasteiger partial charge >= 0.3 is 0 Å². The smallest absolute Gasteiger partial charge is 0.256 e. The molecule has 0 aliphatic heterocycles. The molecular formula is C14H9ClFIN2OS. The van der Waals surface area contributed by atoms with Gasteiger partial charge in [-0.2, -0.15) is 0 Å². The number of carbonyl (C=O) groups is 1. The van der Waals surface area contributed by atoms with Crippen molar-refractivity contribution < 1.29 is 9.18 Å². The fourth-order valence-electron chi connectivity index (χ4n) is 1.66. The minimum absolute atomic E-state index is 0.0686. The van der Waals surface area contributed by atoms with Crippen LogP contribution in [0.5, 0.6) is 0 Å². The molecule has 0 unspecified atom stereocenters. The summed E-state index contributed by atoms with van der Waals surface area (Å²) in [4.78, 5) is 12.2. The first-order valence-electron chi connectivity index (χ1n) is 5.74. The molecule has 0 heterocycles. The molecule has 2 aromatic carbocycles. The first kappa shape index (κ1) is 16.1. The minimum Gasteiger partial charge on any atom is -0.389 e. The number of amides is 1. The molecule has 0 atom stereocenters. The number of hydrogen-bond donors (Lipinski definition) is 2. The van der Waals surface area contributed by atoms with E-state index in [4.69, 9.17) is 29.6 Å². The third-order valence-corrected chi connectivity index (χ3v) is 4.06. The lowest BCUT2D eigenvalue weighted by Gasteiger charge is -2.09. The minimum atomic E-state index is -0.530. The zero-order chi connectivity index (χ0) is 15.6. The van der Waals surface area contributed by atoms with Crippen molar-refractivity contribution in [2.45, 2.75) is 0 Å². The highest BCUT2D eigenvalue weighted by atomic mass is 127. The van der Waals surface area contributed by atoms with Crippen LogP contribution in [-0.2, 0) is 0 Å². The predicted octanol–water partition coefficient (Wildman–Crippen LogP) is 3.97. The van der Waals surface area contributed by atoms with Crippen LogP contribution in [-0.4, -0.2) is 10.9 Å². The van der Waals surface area contributed by atoms with Gasteiger partial charge in [0.2, 0.25) is 0 Å². The molecule has 3 nitrogen and oxygen atoms in total. The fraction of sp³-hybridized carbons (Fsp3) is 0. The summed E-state index contributed by atoms with van der Waals surface area (Å²) in [5, 5.41) is 3.13. The van der Waals surface area contributed by atoms with Gasteiger partial charge in [-0.3, -0.25) is 4.79 Å². The average molecular weight is 435 g/mol. The average Bonchev–Trinajstić information content (AvgIpc) is 2.43. The number of hydrogen-bond acceptors (Lipinski definition) is 2. The van der Waals surface area contributed by atoms with E-state index in [1.54, 1.807) is 18.2 Å². The van der Waals surface area contributed by atoms with E-state index < -0.39 is 5.82 Å². The molecule has 0 spiro atoms. The highest BCUT2D eigenvalue weighted by molar-refractivity contribution is 14.1. The van der Waals surface area contributed by atoms with Crippen LogP contribution in [0.3, 0.4) is 0 Å². The Kier molecular flexibility index (Phi) is 5.13. The maximum Gasteiger partial charge on any atom is 0.256 e. The number of nitrogens with one attached hydrogen (secondary N) is 1. The number of halogens is 3. The summed E-state index contributed by atoms with van der Waals surface area (Å²) in [6.45, 7) is 0. The predicted molar refractivity (Wildman–Crippen MR) is 94.4 cm³/mol. The Balaban J connectivity index is 2.29. The summed E-state index contributed by atoms with van der Waals surface area (Å²) in [6, 6.07) is 9.04. The van der Waals surface area contributed by atoms with Crippen molar-refractivity contribution in [3.05, 3.63) is 61.9 Å². The van der Waals surface area contributed by atoms with E-state index in [0.29, 0.717) is 16.3 Å². The molecule has 2 aromatic rings. The van der Waals surface area contributed by atoms with Gasteiger partial charge in [-0.1, -0.05) is 23.8 Å². The van der Waals surface area contributed by atoms with Gasteiger partial charge in [-0.15, -0.1) is 0 Å². The highest BCUT2D eigenvalue weighted by Crippen LogP contribution is 2.20. The summed E-state index contributed by atoms with van der Waals surface area (Å²) in [6.07, 6.45) is 0. The fourth-order valence-corrected chi connectivity index (χ4v) is 2.57. The van der Waals surface area contributed by atoms with Gasteiger partial charge in [0, 0.05) is 19.8 Å². The Morgan fingerprint density at radius 3 is 2.62 bits per heavy atom. The molecule has 0 bridgehead atoms. The van der Waals surface area contributed by atoms with Crippen LogP contribution in [0.25, 0.3) is 0 Å². The van der Waals surface area contributed by atoms with Crippen molar-refractivity contribution >= 4 is 63.0 Å². The monoisotopic (exact) mass is 434 g/mol. The van der Waals surface area contributed by atoms with Crippen LogP contribution in [0.1, 0.15) is 15.9 Å². The van der Waals surface area contributed by atoms with Crippen LogP contribution < -0.4 is 11.1 Å². The topological polar surface area (TPSA) is 55.1 Å². The van der Waals surface area contributed by atoms with Crippen LogP contribution in [0.15, 0.2) is 36.4 Å². The third-order valence-electron chi connectivity index (χ3n) is 2.66. The van der Waals surface area contributed by atoms with Gasteiger partial charge < -0.3 is 11.1 Å². The molecule has 0 radical (unpaired) electrons. The molecular weight excluding hydrogens is 426 g/mol. The standard InChI is InChI=1S/C14H9ClFIN2OS/c15-7-1-4-12(17)10(5-7)14(20)19-8-2-3-11(16)9(6-8)13(18)21/h1-6H,(H2,18,21)(H,19,20). The van der Waals surface area contributed by atoms with Gasteiger partial charge in [-0.05, 0) is 59.0 Å². The van der Waals surface area contributed by atoms with Crippen LogP contribution in [0.2, 0.25) is 5.02 Å². The Labute approximate surface area is 144 Å². The molecule has 0 aliphatic carbocycles. The van der Waals surface area contributed by atoms with Crippen molar-refractivity contribution in [3.8, 4) is 0 Å². The zero-order valence-corrected chi connectivity index (χ0v) is 14.2. The highest BCUT2D eigenvalue weighted by Gasteiger charge is 2.13. The summed E-state index contributed by atoms with van der Waals surface area (Å²) >= 11 is 12.7. The van der Waals surface area contributed by atoms with E-state index in [1.165, 1.54) is 18.2 Å². The number of anilines is 1. The Bertz CT molecular complexity index is 739. The number of rotatable bonds is 3. The second kappa shape index (κ2) is 6.67. The SMILES string of the molecule is NC(=S)c1cc(NC(=O)c2cc(Cl)ccc2I)ccc1F. The lowest BCUT2D eigenvalue weighted by Crippen LogP contribution is -2.16. The lowest BCUT2D eigenvalue weighted by molar-refractivity contribution is 0.102. The Morgan fingerprint density at radius 2 is 1.95 bits per heavy atom. The number of nitrogens with two attached hydrogens (primary N) is 1. The molecule has 3 N–H and O–H groups in total. The maximum atomic E-state index is 13.5. The van der Waals surface area contributed by atoms with E-state index in [9.17, 15) is 9.18 Å². The van der Waals surface area contributed by atoms with Gasteiger partial charge in [0.05, 0.1) is 5.56 Å². The second-order valence-corrected chi connectivity index (χ2v) is 6.18. The molecule has 1 amide bonds. The van der Waals surface area contributed by atoms with Crippen LogP contribution in [0, 0.1) is 9.39 Å². The quantitative estimate of drug-likeness (QED) is 0.568. The summed E-state index contributed by atoms with van der Waals surface area (Å²) in [7, 11) is 0.